The standard InChI is InChI=1S/C13H16N4O2/c14-13(18)19-7-6-15-8-11-9-16-17(10-11)12-4-2-1-3-5-12/h1-5,9-10,15H,6-8H2,(H2,14,18). The van der Waals surface area contributed by atoms with Crippen molar-refractivity contribution in [2.75, 3.05) is 13.2 Å². The SMILES string of the molecule is NC(=O)OCCNCc1cnn(-c2ccccc2)c1. The Bertz CT molecular complexity index is 524. The number of hydrogen-bond acceptors (Lipinski definition) is 4. The molecule has 2 rings (SSSR count). The Kier molecular flexibility index (Phi) is 4.52. The number of aromatic nitrogens is 2. The summed E-state index contributed by atoms with van der Waals surface area (Å²) in [5.74, 6) is 0. The van der Waals surface area contributed by atoms with E-state index in [1.165, 1.54) is 0 Å². The Morgan fingerprint density at radius 1 is 1.37 bits per heavy atom. The van der Waals surface area contributed by atoms with E-state index in [0.29, 0.717) is 13.1 Å². The Morgan fingerprint density at radius 3 is 2.89 bits per heavy atom. The molecule has 3 N–H and O–H groups in total. The molecule has 1 aromatic carbocycles. The molecule has 1 amide bonds. The van der Waals surface area contributed by atoms with Crippen molar-refractivity contribution in [2.45, 2.75) is 6.54 Å². The first-order chi connectivity index (χ1) is 9.25. The highest BCUT2D eigenvalue weighted by Gasteiger charge is 2.00. The van der Waals surface area contributed by atoms with Gasteiger partial charge in [0.1, 0.15) is 6.61 Å². The highest BCUT2D eigenvalue weighted by atomic mass is 16.5. The number of carbonyl (C=O) groups excluding carboxylic acids is 1. The van der Waals surface area contributed by atoms with Crippen molar-refractivity contribution in [3.63, 3.8) is 0 Å². The number of amides is 1. The van der Waals surface area contributed by atoms with Crippen LogP contribution in [-0.2, 0) is 11.3 Å². The molecule has 0 atom stereocenters. The van der Waals surface area contributed by atoms with Crippen LogP contribution in [0.2, 0.25) is 0 Å². The first kappa shape index (κ1) is 13.1. The molecule has 6 nitrogen and oxygen atoms in total. The van der Waals surface area contributed by atoms with Crippen LogP contribution in [0.3, 0.4) is 0 Å². The summed E-state index contributed by atoms with van der Waals surface area (Å²) in [4.78, 5) is 10.4. The van der Waals surface area contributed by atoms with Gasteiger partial charge in [-0.1, -0.05) is 18.2 Å². The second kappa shape index (κ2) is 6.55. The lowest BCUT2D eigenvalue weighted by Crippen LogP contribution is -2.23. The van der Waals surface area contributed by atoms with Crippen LogP contribution < -0.4 is 11.1 Å². The van der Waals surface area contributed by atoms with Crippen LogP contribution in [0.4, 0.5) is 4.79 Å². The van der Waals surface area contributed by atoms with E-state index in [9.17, 15) is 4.79 Å². The van der Waals surface area contributed by atoms with Crippen molar-refractivity contribution in [3.05, 3.63) is 48.3 Å². The molecule has 0 saturated heterocycles. The average Bonchev–Trinajstić information content (AvgIpc) is 2.88. The molecule has 6 heteroatoms. The van der Waals surface area contributed by atoms with E-state index in [4.69, 9.17) is 5.73 Å². The van der Waals surface area contributed by atoms with Gasteiger partial charge in [-0.25, -0.2) is 9.48 Å². The van der Waals surface area contributed by atoms with Crippen LogP contribution in [0.15, 0.2) is 42.7 Å². The zero-order valence-corrected chi connectivity index (χ0v) is 10.5. The molecule has 0 aliphatic carbocycles. The summed E-state index contributed by atoms with van der Waals surface area (Å²) in [5.41, 5.74) is 6.93. The number of nitrogens with two attached hydrogens (primary N) is 1. The number of nitrogens with zero attached hydrogens (tertiary/aromatic N) is 2. The van der Waals surface area contributed by atoms with Crippen molar-refractivity contribution < 1.29 is 9.53 Å². The summed E-state index contributed by atoms with van der Waals surface area (Å²) < 4.78 is 6.43. The fourth-order valence-electron chi connectivity index (χ4n) is 1.63. The molecule has 0 unspecified atom stereocenters. The van der Waals surface area contributed by atoms with E-state index in [1.807, 2.05) is 41.2 Å². The van der Waals surface area contributed by atoms with Crippen molar-refractivity contribution in [2.24, 2.45) is 5.73 Å². The fourth-order valence-corrected chi connectivity index (χ4v) is 1.63. The van der Waals surface area contributed by atoms with Crippen LogP contribution in [0.1, 0.15) is 5.56 Å². The van der Waals surface area contributed by atoms with Crippen LogP contribution in [-0.4, -0.2) is 29.0 Å². The van der Waals surface area contributed by atoms with Crippen molar-refractivity contribution in [1.82, 2.24) is 15.1 Å². The molecule has 19 heavy (non-hydrogen) atoms. The lowest BCUT2D eigenvalue weighted by molar-refractivity contribution is 0.157. The quantitative estimate of drug-likeness (QED) is 0.761. The van der Waals surface area contributed by atoms with E-state index >= 15 is 0 Å². The van der Waals surface area contributed by atoms with E-state index in [1.54, 1.807) is 6.20 Å². The maximum Gasteiger partial charge on any atom is 0.404 e. The lowest BCUT2D eigenvalue weighted by Gasteiger charge is -2.03. The molecule has 2 aromatic rings. The summed E-state index contributed by atoms with van der Waals surface area (Å²) in [6.07, 6.45) is 3.00. The largest absolute Gasteiger partial charge is 0.448 e. The molecule has 0 saturated carbocycles. The van der Waals surface area contributed by atoms with Gasteiger partial charge in [-0.3, -0.25) is 0 Å². The predicted octanol–water partition coefficient (Wildman–Crippen LogP) is 1.06. The van der Waals surface area contributed by atoms with Gasteiger partial charge in [0.05, 0.1) is 11.9 Å². The highest BCUT2D eigenvalue weighted by Crippen LogP contribution is 2.07. The Morgan fingerprint density at radius 2 is 2.16 bits per heavy atom. The summed E-state index contributed by atoms with van der Waals surface area (Å²) in [6.45, 7) is 1.48. The number of rotatable bonds is 6. The van der Waals surface area contributed by atoms with E-state index in [2.05, 4.69) is 15.2 Å². The van der Waals surface area contributed by atoms with Gasteiger partial charge in [0, 0.05) is 24.8 Å². The third kappa shape index (κ3) is 4.11. The molecular formula is C13H16N4O2. The van der Waals surface area contributed by atoms with Crippen LogP contribution in [0.25, 0.3) is 5.69 Å². The van der Waals surface area contributed by atoms with Crippen LogP contribution >= 0.6 is 0 Å². The zero-order chi connectivity index (χ0) is 13.5. The Hall–Kier alpha value is -2.34. The van der Waals surface area contributed by atoms with Crippen LogP contribution in [0.5, 0.6) is 0 Å². The summed E-state index contributed by atoms with van der Waals surface area (Å²) >= 11 is 0. The Labute approximate surface area is 111 Å². The third-order valence-electron chi connectivity index (χ3n) is 2.51. The molecule has 0 fully saturated rings. The number of hydrogen-bond donors (Lipinski definition) is 2. The summed E-state index contributed by atoms with van der Waals surface area (Å²) in [5, 5.41) is 7.42. The summed E-state index contributed by atoms with van der Waals surface area (Å²) in [7, 11) is 0. The minimum absolute atomic E-state index is 0.266. The third-order valence-corrected chi connectivity index (χ3v) is 2.51. The molecular weight excluding hydrogens is 244 g/mol. The molecule has 0 aliphatic heterocycles. The zero-order valence-electron chi connectivity index (χ0n) is 10.5. The number of primary amides is 1. The average molecular weight is 260 g/mol. The van der Waals surface area contributed by atoms with Gasteiger partial charge >= 0.3 is 6.09 Å². The normalized spacial score (nSPS) is 10.3. The molecule has 100 valence electrons. The van der Waals surface area contributed by atoms with Gasteiger partial charge in [-0.2, -0.15) is 5.10 Å². The fraction of sp³-hybridized carbons (Fsp3) is 0.231. The second-order valence-corrected chi connectivity index (χ2v) is 3.97. The van der Waals surface area contributed by atoms with Gasteiger partial charge in [0.2, 0.25) is 0 Å². The van der Waals surface area contributed by atoms with Gasteiger partial charge in [0.15, 0.2) is 0 Å². The second-order valence-electron chi connectivity index (χ2n) is 3.97. The molecule has 0 spiro atoms. The molecule has 0 bridgehead atoms. The van der Waals surface area contributed by atoms with Crippen molar-refractivity contribution in [3.8, 4) is 5.69 Å². The number of para-hydroxylation sites is 1. The minimum Gasteiger partial charge on any atom is -0.448 e. The first-order valence-corrected chi connectivity index (χ1v) is 5.97. The molecule has 0 aliphatic rings. The minimum atomic E-state index is -0.751. The predicted molar refractivity (Wildman–Crippen MR) is 70.8 cm³/mol. The number of ether oxygens (including phenoxy) is 1. The monoisotopic (exact) mass is 260 g/mol. The van der Waals surface area contributed by atoms with Crippen molar-refractivity contribution >= 4 is 6.09 Å². The topological polar surface area (TPSA) is 82.2 Å². The number of carbonyl (C=O) groups is 1. The molecule has 0 radical (unpaired) electrons. The molecule has 1 heterocycles. The highest BCUT2D eigenvalue weighted by molar-refractivity contribution is 5.64. The van der Waals surface area contributed by atoms with Gasteiger partial charge in [0.25, 0.3) is 0 Å². The number of benzene rings is 1. The van der Waals surface area contributed by atoms with E-state index < -0.39 is 6.09 Å². The smallest absolute Gasteiger partial charge is 0.404 e. The van der Waals surface area contributed by atoms with Gasteiger partial charge in [-0.05, 0) is 12.1 Å². The van der Waals surface area contributed by atoms with E-state index in [-0.39, 0.29) is 6.61 Å². The lowest BCUT2D eigenvalue weighted by atomic mass is 10.3. The number of nitrogens with one attached hydrogen (secondary N) is 1. The first-order valence-electron chi connectivity index (χ1n) is 5.97. The molecule has 1 aromatic heterocycles. The van der Waals surface area contributed by atoms with Crippen molar-refractivity contribution in [1.29, 1.82) is 0 Å². The maximum absolute atomic E-state index is 10.4. The maximum atomic E-state index is 10.4. The van der Waals surface area contributed by atoms with Gasteiger partial charge in [-0.15, -0.1) is 0 Å². The Balaban J connectivity index is 1.80. The van der Waals surface area contributed by atoms with Gasteiger partial charge < -0.3 is 15.8 Å². The van der Waals surface area contributed by atoms with Crippen LogP contribution in [0, 0.1) is 0 Å². The van der Waals surface area contributed by atoms with E-state index in [0.717, 1.165) is 11.3 Å². The summed E-state index contributed by atoms with van der Waals surface area (Å²) in [6, 6.07) is 9.89.